The van der Waals surface area contributed by atoms with Crippen molar-refractivity contribution >= 4 is 33.6 Å². The van der Waals surface area contributed by atoms with E-state index in [4.69, 9.17) is 8.94 Å². The molecule has 1 N–H and O–H groups in total. The third-order valence-electron chi connectivity index (χ3n) is 3.59. The second-order valence-electron chi connectivity index (χ2n) is 5.32. The molecule has 1 amide bonds. The summed E-state index contributed by atoms with van der Waals surface area (Å²) in [7, 11) is 0. The Bertz CT molecular complexity index is 1120. The number of benzene rings is 1. The Balaban J connectivity index is 1.74. The summed E-state index contributed by atoms with van der Waals surface area (Å²) < 4.78 is 11.6. The molecule has 0 aliphatic heterocycles. The second kappa shape index (κ2) is 5.34. The summed E-state index contributed by atoms with van der Waals surface area (Å²) in [5.41, 5.74) is 0.528. The average molecular weight is 324 g/mol. The highest BCUT2D eigenvalue weighted by atomic mass is 16.5. The molecule has 0 saturated carbocycles. The Morgan fingerprint density at radius 1 is 1.29 bits per heavy atom. The van der Waals surface area contributed by atoms with Gasteiger partial charge in [-0.3, -0.25) is 9.48 Å². The predicted molar refractivity (Wildman–Crippen MR) is 85.6 cm³/mol. The maximum absolute atomic E-state index is 12.2. The van der Waals surface area contributed by atoms with E-state index in [1.165, 1.54) is 10.9 Å². The van der Waals surface area contributed by atoms with Gasteiger partial charge in [-0.15, -0.1) is 0 Å². The first-order valence-electron chi connectivity index (χ1n) is 7.22. The van der Waals surface area contributed by atoms with Crippen LogP contribution in [0.25, 0.3) is 21.9 Å². The number of para-hydroxylation sites is 1. The molecule has 0 fully saturated rings. The molecule has 0 spiro atoms. The molecule has 120 valence electrons. The van der Waals surface area contributed by atoms with Gasteiger partial charge in [-0.25, -0.2) is 4.79 Å². The Hall–Kier alpha value is -3.42. The van der Waals surface area contributed by atoms with Gasteiger partial charge < -0.3 is 14.3 Å². The first kappa shape index (κ1) is 14.2. The minimum atomic E-state index is -0.484. The first-order chi connectivity index (χ1) is 11.6. The zero-order valence-corrected chi connectivity index (χ0v) is 12.6. The van der Waals surface area contributed by atoms with Crippen LogP contribution in [0.2, 0.25) is 0 Å². The summed E-state index contributed by atoms with van der Waals surface area (Å²) in [6.07, 6.45) is 1.40. The molecule has 4 rings (SSSR count). The van der Waals surface area contributed by atoms with E-state index < -0.39 is 5.63 Å². The lowest BCUT2D eigenvalue weighted by atomic mass is 10.2. The SMILES string of the molecule is Cc1cc(NC(=O)Cn2ncc3c(=O)oc4ccccc4c32)no1. The molecule has 3 aromatic heterocycles. The van der Waals surface area contributed by atoms with Gasteiger partial charge in [0.05, 0.1) is 11.7 Å². The Morgan fingerprint density at radius 3 is 2.92 bits per heavy atom. The minimum absolute atomic E-state index is 0.0666. The molecule has 0 aliphatic rings. The lowest BCUT2D eigenvalue weighted by Crippen LogP contribution is -2.19. The summed E-state index contributed by atoms with van der Waals surface area (Å²) >= 11 is 0. The molecule has 0 aliphatic carbocycles. The standard InChI is InChI=1S/C16H12N4O4/c1-9-6-13(19-24-9)18-14(21)8-20-15-10-4-2-3-5-12(10)23-16(22)11(15)7-17-20/h2-7H,8H2,1H3,(H,18,19,21). The van der Waals surface area contributed by atoms with Crippen LogP contribution in [0.1, 0.15) is 5.76 Å². The van der Waals surface area contributed by atoms with Crippen LogP contribution in [0.4, 0.5) is 5.82 Å². The smallest absolute Gasteiger partial charge is 0.347 e. The zero-order valence-electron chi connectivity index (χ0n) is 12.6. The van der Waals surface area contributed by atoms with E-state index >= 15 is 0 Å². The van der Waals surface area contributed by atoms with Crippen LogP contribution in [0, 0.1) is 6.92 Å². The van der Waals surface area contributed by atoms with Crippen molar-refractivity contribution < 1.29 is 13.7 Å². The molecule has 8 heteroatoms. The van der Waals surface area contributed by atoms with E-state index in [0.29, 0.717) is 28.1 Å². The fraction of sp³-hybridized carbons (Fsp3) is 0.125. The van der Waals surface area contributed by atoms with Crippen molar-refractivity contribution in [3.8, 4) is 0 Å². The van der Waals surface area contributed by atoms with Crippen LogP contribution in [0.15, 0.2) is 50.3 Å². The van der Waals surface area contributed by atoms with Crippen molar-refractivity contribution in [1.29, 1.82) is 0 Å². The van der Waals surface area contributed by atoms with Gasteiger partial charge in [0.1, 0.15) is 23.3 Å². The summed E-state index contributed by atoms with van der Waals surface area (Å²) in [6.45, 7) is 1.66. The van der Waals surface area contributed by atoms with Crippen LogP contribution in [0.5, 0.6) is 0 Å². The predicted octanol–water partition coefficient (Wildman–Crippen LogP) is 2.08. The summed E-state index contributed by atoms with van der Waals surface area (Å²) in [5, 5.41) is 11.5. The van der Waals surface area contributed by atoms with Crippen molar-refractivity contribution in [3.63, 3.8) is 0 Å². The first-order valence-corrected chi connectivity index (χ1v) is 7.22. The largest absolute Gasteiger partial charge is 0.422 e. The topological polar surface area (TPSA) is 103 Å². The number of nitrogens with one attached hydrogen (secondary N) is 1. The maximum Gasteiger partial charge on any atom is 0.347 e. The van der Waals surface area contributed by atoms with Gasteiger partial charge in [0.25, 0.3) is 0 Å². The molecule has 24 heavy (non-hydrogen) atoms. The fourth-order valence-electron chi connectivity index (χ4n) is 2.59. The lowest BCUT2D eigenvalue weighted by Gasteiger charge is -2.05. The van der Waals surface area contributed by atoms with Gasteiger partial charge in [0.15, 0.2) is 5.82 Å². The number of fused-ring (bicyclic) bond motifs is 3. The monoisotopic (exact) mass is 324 g/mol. The molecule has 0 bridgehead atoms. The number of hydrogen-bond acceptors (Lipinski definition) is 6. The lowest BCUT2D eigenvalue weighted by molar-refractivity contribution is -0.116. The van der Waals surface area contributed by atoms with E-state index in [1.807, 2.05) is 12.1 Å². The molecule has 0 atom stereocenters. The van der Waals surface area contributed by atoms with E-state index in [9.17, 15) is 9.59 Å². The number of hydrogen-bond donors (Lipinski definition) is 1. The molecule has 0 unspecified atom stereocenters. The number of carbonyl (C=O) groups is 1. The number of rotatable bonds is 3. The third kappa shape index (κ3) is 2.34. The highest BCUT2D eigenvalue weighted by molar-refractivity contribution is 6.02. The van der Waals surface area contributed by atoms with E-state index in [2.05, 4.69) is 15.6 Å². The summed E-state index contributed by atoms with van der Waals surface area (Å²) in [4.78, 5) is 24.2. The van der Waals surface area contributed by atoms with Crippen molar-refractivity contribution in [1.82, 2.24) is 14.9 Å². The van der Waals surface area contributed by atoms with Crippen molar-refractivity contribution in [2.75, 3.05) is 5.32 Å². The molecule has 4 aromatic rings. The molecular weight excluding hydrogens is 312 g/mol. The van der Waals surface area contributed by atoms with Crippen LogP contribution in [-0.4, -0.2) is 20.8 Å². The van der Waals surface area contributed by atoms with Crippen LogP contribution in [-0.2, 0) is 11.3 Å². The van der Waals surface area contributed by atoms with Gasteiger partial charge in [0.2, 0.25) is 5.91 Å². The highest BCUT2D eigenvalue weighted by Crippen LogP contribution is 2.22. The number of anilines is 1. The highest BCUT2D eigenvalue weighted by Gasteiger charge is 2.15. The molecule has 3 heterocycles. The Kier molecular flexibility index (Phi) is 3.16. The van der Waals surface area contributed by atoms with Crippen molar-refractivity contribution in [2.24, 2.45) is 0 Å². The Labute approximate surface area is 134 Å². The van der Waals surface area contributed by atoms with E-state index in [-0.39, 0.29) is 12.5 Å². The van der Waals surface area contributed by atoms with Crippen LogP contribution in [0.3, 0.4) is 0 Å². The third-order valence-corrected chi connectivity index (χ3v) is 3.59. The quantitative estimate of drug-likeness (QED) is 0.579. The van der Waals surface area contributed by atoms with Crippen LogP contribution < -0.4 is 10.9 Å². The molecule has 0 radical (unpaired) electrons. The van der Waals surface area contributed by atoms with E-state index in [1.54, 1.807) is 25.1 Å². The number of aryl methyl sites for hydroxylation is 1. The van der Waals surface area contributed by atoms with Crippen molar-refractivity contribution in [3.05, 3.63) is 52.7 Å². The maximum atomic E-state index is 12.2. The zero-order chi connectivity index (χ0) is 16.7. The summed E-state index contributed by atoms with van der Waals surface area (Å²) in [6, 6.07) is 8.74. The number of nitrogens with zero attached hydrogens (tertiary/aromatic N) is 3. The summed E-state index contributed by atoms with van der Waals surface area (Å²) in [5.74, 6) is 0.599. The van der Waals surface area contributed by atoms with Crippen molar-refractivity contribution in [2.45, 2.75) is 13.5 Å². The molecule has 1 aromatic carbocycles. The molecule has 0 saturated heterocycles. The molecule has 8 nitrogen and oxygen atoms in total. The van der Waals surface area contributed by atoms with Gasteiger partial charge in [0, 0.05) is 11.5 Å². The number of amides is 1. The normalized spacial score (nSPS) is 11.2. The van der Waals surface area contributed by atoms with Gasteiger partial charge in [-0.2, -0.15) is 5.10 Å². The average Bonchev–Trinajstić information content (AvgIpc) is 3.15. The fourth-order valence-corrected chi connectivity index (χ4v) is 2.59. The molecular formula is C16H12N4O4. The minimum Gasteiger partial charge on any atom is -0.422 e. The van der Waals surface area contributed by atoms with Gasteiger partial charge in [-0.1, -0.05) is 17.3 Å². The van der Waals surface area contributed by atoms with E-state index in [0.717, 1.165) is 5.39 Å². The number of carbonyl (C=O) groups excluding carboxylic acids is 1. The number of aromatic nitrogens is 3. The second-order valence-corrected chi connectivity index (χ2v) is 5.32. The van der Waals surface area contributed by atoms with Gasteiger partial charge >= 0.3 is 5.63 Å². The van der Waals surface area contributed by atoms with Crippen LogP contribution >= 0.6 is 0 Å². The Morgan fingerprint density at radius 2 is 2.12 bits per heavy atom. The van der Waals surface area contributed by atoms with Gasteiger partial charge in [-0.05, 0) is 19.1 Å².